The van der Waals surface area contributed by atoms with Gasteiger partial charge in [-0.05, 0) is 54.1 Å². The average molecular weight is 463 g/mol. The third-order valence-corrected chi connectivity index (χ3v) is 4.71. The Labute approximate surface area is 197 Å². The Kier molecular flexibility index (Phi) is 8.98. The second-order valence-corrected chi connectivity index (χ2v) is 7.22. The number of ether oxygens (including phenoxy) is 2. The first-order valence-corrected chi connectivity index (χ1v) is 10.6. The van der Waals surface area contributed by atoms with E-state index in [2.05, 4.69) is 25.7 Å². The highest BCUT2D eigenvalue weighted by molar-refractivity contribution is 5.95. The summed E-state index contributed by atoms with van der Waals surface area (Å²) in [5, 5.41) is 8.14. The first-order valence-electron chi connectivity index (χ1n) is 10.6. The zero-order valence-electron chi connectivity index (χ0n) is 18.7. The Hall–Kier alpha value is -4.40. The number of pyridine rings is 1. The van der Waals surface area contributed by atoms with Gasteiger partial charge in [-0.25, -0.2) is 4.79 Å². The number of rotatable bonds is 10. The first kappa shape index (κ1) is 24.2. The number of anilines is 1. The molecule has 9 nitrogen and oxygen atoms in total. The number of amides is 3. The molecule has 0 saturated heterocycles. The van der Waals surface area contributed by atoms with Gasteiger partial charge in [0.25, 0.3) is 5.91 Å². The number of hydrogen-bond acceptors (Lipinski definition) is 6. The number of nitrogens with one attached hydrogen (secondary N) is 3. The highest BCUT2D eigenvalue weighted by atomic mass is 16.5. The van der Waals surface area contributed by atoms with Crippen LogP contribution in [0.3, 0.4) is 0 Å². The maximum Gasteiger partial charge on any atom is 0.319 e. The van der Waals surface area contributed by atoms with E-state index in [9.17, 15) is 14.4 Å². The lowest BCUT2D eigenvalue weighted by Gasteiger charge is -2.10. The van der Waals surface area contributed by atoms with Crippen LogP contribution in [0.15, 0.2) is 72.9 Å². The minimum absolute atomic E-state index is 0.0985. The van der Waals surface area contributed by atoms with Crippen molar-refractivity contribution in [3.05, 3.63) is 89.7 Å². The second kappa shape index (κ2) is 12.6. The summed E-state index contributed by atoms with van der Waals surface area (Å²) < 4.78 is 10.3. The molecule has 34 heavy (non-hydrogen) atoms. The molecule has 3 amide bonds. The van der Waals surface area contributed by atoms with Crippen molar-refractivity contribution in [2.45, 2.75) is 19.6 Å². The van der Waals surface area contributed by atoms with Crippen molar-refractivity contribution < 1.29 is 23.9 Å². The van der Waals surface area contributed by atoms with Crippen LogP contribution in [0.25, 0.3) is 0 Å². The van der Waals surface area contributed by atoms with E-state index in [0.29, 0.717) is 30.2 Å². The minimum Gasteiger partial charge on any atom is -0.487 e. The largest absolute Gasteiger partial charge is 0.487 e. The topological polar surface area (TPSA) is 119 Å². The van der Waals surface area contributed by atoms with Gasteiger partial charge in [0.15, 0.2) is 0 Å². The smallest absolute Gasteiger partial charge is 0.319 e. The molecule has 2 aromatic carbocycles. The van der Waals surface area contributed by atoms with E-state index in [-0.39, 0.29) is 24.9 Å². The van der Waals surface area contributed by atoms with Crippen LogP contribution in [0.4, 0.5) is 10.5 Å². The van der Waals surface area contributed by atoms with Crippen LogP contribution in [-0.4, -0.2) is 36.5 Å². The highest BCUT2D eigenvalue weighted by Gasteiger charge is 2.08. The summed E-state index contributed by atoms with van der Waals surface area (Å²) >= 11 is 0. The monoisotopic (exact) mass is 462 g/mol. The SMILES string of the molecule is COC(=O)CCNC(=O)c1ccc(NC(=O)NCc2cccc(OCc3ccccn3)c2)cc1. The Bertz CT molecular complexity index is 1100. The Morgan fingerprint density at radius 2 is 1.76 bits per heavy atom. The van der Waals surface area contributed by atoms with Crippen LogP contribution in [0, 0.1) is 0 Å². The standard InChI is InChI=1S/C25H26N4O5/c1-33-23(30)12-14-27-24(31)19-8-10-20(11-9-19)29-25(32)28-16-18-5-4-7-22(15-18)34-17-21-6-2-3-13-26-21/h2-11,13,15H,12,14,16-17H2,1H3,(H,27,31)(H2,28,29,32). The van der Waals surface area contributed by atoms with Crippen molar-refractivity contribution in [3.8, 4) is 5.75 Å². The third-order valence-electron chi connectivity index (χ3n) is 4.71. The molecule has 0 aliphatic rings. The van der Waals surface area contributed by atoms with E-state index >= 15 is 0 Å². The van der Waals surface area contributed by atoms with Gasteiger partial charge < -0.3 is 25.4 Å². The molecule has 0 radical (unpaired) electrons. The van der Waals surface area contributed by atoms with Gasteiger partial charge >= 0.3 is 12.0 Å². The summed E-state index contributed by atoms with van der Waals surface area (Å²) in [5.41, 5.74) is 2.66. The summed E-state index contributed by atoms with van der Waals surface area (Å²) in [5.74, 6) is -0.0227. The molecule has 3 rings (SSSR count). The van der Waals surface area contributed by atoms with Crippen molar-refractivity contribution in [2.24, 2.45) is 0 Å². The zero-order chi connectivity index (χ0) is 24.2. The molecule has 1 aromatic heterocycles. The Morgan fingerprint density at radius 3 is 2.50 bits per heavy atom. The molecule has 0 fully saturated rings. The van der Waals surface area contributed by atoms with Crippen molar-refractivity contribution in [3.63, 3.8) is 0 Å². The van der Waals surface area contributed by atoms with Gasteiger partial charge in [-0.15, -0.1) is 0 Å². The Morgan fingerprint density at radius 1 is 0.941 bits per heavy atom. The number of aromatic nitrogens is 1. The molecule has 176 valence electrons. The lowest BCUT2D eigenvalue weighted by molar-refractivity contribution is -0.140. The summed E-state index contributed by atoms with van der Waals surface area (Å²) in [6.07, 6.45) is 1.81. The summed E-state index contributed by atoms with van der Waals surface area (Å²) in [4.78, 5) is 39.7. The van der Waals surface area contributed by atoms with Crippen LogP contribution in [0.2, 0.25) is 0 Å². The number of benzene rings is 2. The quantitative estimate of drug-likeness (QED) is 0.398. The molecular formula is C25H26N4O5. The third kappa shape index (κ3) is 7.94. The molecule has 9 heteroatoms. The number of nitrogens with zero attached hydrogens (tertiary/aromatic N) is 1. The molecule has 0 aliphatic carbocycles. The zero-order valence-corrected chi connectivity index (χ0v) is 18.7. The molecular weight excluding hydrogens is 436 g/mol. The molecule has 3 N–H and O–H groups in total. The van der Waals surface area contributed by atoms with Gasteiger partial charge in [-0.3, -0.25) is 14.6 Å². The summed E-state index contributed by atoms with van der Waals surface area (Å²) in [6.45, 7) is 0.855. The lowest BCUT2D eigenvalue weighted by atomic mass is 10.2. The average Bonchev–Trinajstić information content (AvgIpc) is 2.87. The van der Waals surface area contributed by atoms with E-state index < -0.39 is 5.97 Å². The molecule has 0 saturated carbocycles. The number of hydrogen-bond donors (Lipinski definition) is 3. The van der Waals surface area contributed by atoms with Gasteiger partial charge in [-0.1, -0.05) is 18.2 Å². The predicted molar refractivity (Wildman–Crippen MR) is 126 cm³/mol. The number of carbonyl (C=O) groups excluding carboxylic acids is 3. The number of urea groups is 1. The van der Waals surface area contributed by atoms with Crippen molar-refractivity contribution >= 4 is 23.6 Å². The highest BCUT2D eigenvalue weighted by Crippen LogP contribution is 2.15. The van der Waals surface area contributed by atoms with Crippen LogP contribution in [0.5, 0.6) is 5.75 Å². The van der Waals surface area contributed by atoms with Gasteiger partial charge in [0.2, 0.25) is 0 Å². The van der Waals surface area contributed by atoms with Gasteiger partial charge in [0, 0.05) is 30.5 Å². The normalized spacial score (nSPS) is 10.1. The Balaban J connectivity index is 1.43. The second-order valence-electron chi connectivity index (χ2n) is 7.22. The fourth-order valence-electron chi connectivity index (χ4n) is 2.93. The van der Waals surface area contributed by atoms with Crippen LogP contribution < -0.4 is 20.7 Å². The summed E-state index contributed by atoms with van der Waals surface area (Å²) in [7, 11) is 1.29. The van der Waals surface area contributed by atoms with E-state index in [4.69, 9.17) is 4.74 Å². The van der Waals surface area contributed by atoms with Crippen LogP contribution >= 0.6 is 0 Å². The van der Waals surface area contributed by atoms with E-state index in [0.717, 1.165) is 11.3 Å². The van der Waals surface area contributed by atoms with Gasteiger partial charge in [0.1, 0.15) is 12.4 Å². The maximum absolute atomic E-state index is 12.2. The fourth-order valence-corrected chi connectivity index (χ4v) is 2.93. The molecule has 0 aliphatic heterocycles. The van der Waals surface area contributed by atoms with E-state index in [1.54, 1.807) is 30.5 Å². The number of esters is 1. The van der Waals surface area contributed by atoms with Gasteiger partial charge in [-0.2, -0.15) is 0 Å². The molecule has 0 unspecified atom stereocenters. The fraction of sp³-hybridized carbons (Fsp3) is 0.200. The molecule has 0 atom stereocenters. The molecule has 1 heterocycles. The maximum atomic E-state index is 12.2. The summed E-state index contributed by atoms with van der Waals surface area (Å²) in [6, 6.07) is 19.1. The number of methoxy groups -OCH3 is 1. The van der Waals surface area contributed by atoms with E-state index in [1.807, 2.05) is 42.5 Å². The van der Waals surface area contributed by atoms with Gasteiger partial charge in [0.05, 0.1) is 19.2 Å². The predicted octanol–water partition coefficient (Wildman–Crippen LogP) is 3.28. The molecule has 0 spiro atoms. The molecule has 3 aromatic rings. The van der Waals surface area contributed by atoms with Crippen LogP contribution in [-0.2, 0) is 22.7 Å². The van der Waals surface area contributed by atoms with E-state index in [1.165, 1.54) is 7.11 Å². The van der Waals surface area contributed by atoms with Crippen LogP contribution in [0.1, 0.15) is 28.0 Å². The van der Waals surface area contributed by atoms with Crippen molar-refractivity contribution in [1.82, 2.24) is 15.6 Å². The van der Waals surface area contributed by atoms with Crippen molar-refractivity contribution in [1.29, 1.82) is 0 Å². The molecule has 0 bridgehead atoms. The lowest BCUT2D eigenvalue weighted by Crippen LogP contribution is -2.28. The first-order chi connectivity index (χ1) is 16.5. The number of carbonyl (C=O) groups is 3. The minimum atomic E-state index is -0.394. The van der Waals surface area contributed by atoms with Crippen molar-refractivity contribution in [2.75, 3.05) is 19.0 Å².